The van der Waals surface area contributed by atoms with Gasteiger partial charge in [0.15, 0.2) is 11.6 Å². The van der Waals surface area contributed by atoms with E-state index in [9.17, 15) is 0 Å². The average molecular weight is 170 g/mol. The monoisotopic (exact) mass is 170 g/mol. The highest BCUT2D eigenvalue weighted by Gasteiger charge is 2.09. The number of fused-ring (bicyclic) bond motifs is 1. The molecular formula is C4H6N6S. The van der Waals surface area contributed by atoms with Gasteiger partial charge in [0.05, 0.1) is 0 Å². The Morgan fingerprint density at radius 2 is 2.00 bits per heavy atom. The molecule has 0 fully saturated rings. The molecule has 0 bridgehead atoms. The number of hydrogen-bond acceptors (Lipinski definition) is 6. The van der Waals surface area contributed by atoms with Gasteiger partial charge in [-0.1, -0.05) is 11.3 Å². The lowest BCUT2D eigenvalue weighted by molar-refractivity contribution is 0.992. The van der Waals surface area contributed by atoms with Crippen LogP contribution < -0.4 is 17.2 Å². The molecule has 0 amide bonds. The van der Waals surface area contributed by atoms with Gasteiger partial charge in [-0.25, -0.2) is 0 Å². The molecule has 6 nitrogen and oxygen atoms in total. The minimum atomic E-state index is 0.295. The summed E-state index contributed by atoms with van der Waals surface area (Å²) in [5, 5.41) is 4.31. The third kappa shape index (κ3) is 0.709. The lowest BCUT2D eigenvalue weighted by Crippen LogP contribution is -1.97. The molecule has 11 heavy (non-hydrogen) atoms. The first-order valence-electron chi connectivity index (χ1n) is 2.84. The summed E-state index contributed by atoms with van der Waals surface area (Å²) in [4.78, 5) is 4.55. The zero-order valence-electron chi connectivity index (χ0n) is 5.48. The highest BCUT2D eigenvalue weighted by Crippen LogP contribution is 2.22. The maximum atomic E-state index is 5.52. The number of imidazole rings is 1. The molecule has 2 aromatic heterocycles. The van der Waals surface area contributed by atoms with Gasteiger partial charge in [0.1, 0.15) is 0 Å². The Labute approximate surface area is 65.6 Å². The van der Waals surface area contributed by atoms with E-state index < -0.39 is 0 Å². The largest absolute Gasteiger partial charge is 0.381 e. The summed E-state index contributed by atoms with van der Waals surface area (Å²) in [6, 6.07) is 0. The van der Waals surface area contributed by atoms with Crippen LogP contribution in [0.5, 0.6) is 0 Å². The molecular weight excluding hydrogens is 164 g/mol. The molecule has 2 rings (SSSR count). The summed E-state index contributed by atoms with van der Waals surface area (Å²) in [7, 11) is 0. The van der Waals surface area contributed by atoms with E-state index in [1.807, 2.05) is 0 Å². The van der Waals surface area contributed by atoms with E-state index in [0.29, 0.717) is 21.7 Å². The van der Waals surface area contributed by atoms with Crippen molar-refractivity contribution in [3.63, 3.8) is 0 Å². The van der Waals surface area contributed by atoms with Gasteiger partial charge in [-0.15, -0.1) is 5.10 Å². The van der Waals surface area contributed by atoms with Crippen molar-refractivity contribution in [3.05, 3.63) is 0 Å². The number of nitrogens with zero attached hydrogens (tertiary/aromatic N) is 3. The maximum absolute atomic E-state index is 5.52. The van der Waals surface area contributed by atoms with Crippen molar-refractivity contribution in [1.29, 1.82) is 0 Å². The van der Waals surface area contributed by atoms with Crippen LogP contribution in [-0.4, -0.2) is 14.6 Å². The fourth-order valence-corrected chi connectivity index (χ4v) is 1.47. The molecule has 0 unspecified atom stereocenters. The van der Waals surface area contributed by atoms with Crippen LogP contribution in [0, 0.1) is 0 Å². The van der Waals surface area contributed by atoms with Gasteiger partial charge in [-0.3, -0.25) is 0 Å². The predicted octanol–water partition coefficient (Wildman–Crippen LogP) is -0.463. The van der Waals surface area contributed by atoms with E-state index in [-0.39, 0.29) is 0 Å². The van der Waals surface area contributed by atoms with E-state index in [1.165, 1.54) is 15.9 Å². The lowest BCUT2D eigenvalue weighted by atomic mass is 10.7. The number of nitrogens with two attached hydrogens (primary N) is 3. The molecule has 0 aliphatic heterocycles. The van der Waals surface area contributed by atoms with Gasteiger partial charge in [0.25, 0.3) is 0 Å². The van der Waals surface area contributed by atoms with Crippen LogP contribution in [0.3, 0.4) is 0 Å². The quantitative estimate of drug-likeness (QED) is 0.495. The summed E-state index contributed by atoms with van der Waals surface area (Å²) in [5.74, 6) is 0.636. The number of nitrogen functional groups attached to an aromatic ring is 3. The molecule has 0 saturated carbocycles. The van der Waals surface area contributed by atoms with E-state index >= 15 is 0 Å². The second-order valence-corrected chi connectivity index (χ2v) is 3.00. The Morgan fingerprint density at radius 1 is 1.27 bits per heavy atom. The van der Waals surface area contributed by atoms with Gasteiger partial charge < -0.3 is 17.2 Å². The van der Waals surface area contributed by atoms with Gasteiger partial charge in [0, 0.05) is 0 Å². The maximum Gasteiger partial charge on any atom is 0.217 e. The second-order valence-electron chi connectivity index (χ2n) is 2.02. The van der Waals surface area contributed by atoms with Crippen molar-refractivity contribution < 1.29 is 0 Å². The summed E-state index contributed by atoms with van der Waals surface area (Å²) < 4.78 is 1.43. The zero-order chi connectivity index (χ0) is 8.01. The van der Waals surface area contributed by atoms with Crippen LogP contribution in [0.2, 0.25) is 0 Å². The molecule has 0 spiro atoms. The zero-order valence-corrected chi connectivity index (χ0v) is 6.30. The molecule has 0 radical (unpaired) electrons. The highest BCUT2D eigenvalue weighted by molar-refractivity contribution is 7.20. The summed E-state index contributed by atoms with van der Waals surface area (Å²) in [6.45, 7) is 0. The first kappa shape index (κ1) is 6.23. The normalized spacial score (nSPS) is 10.9. The number of anilines is 3. The Bertz CT molecular complexity index is 400. The van der Waals surface area contributed by atoms with Crippen molar-refractivity contribution >= 4 is 33.1 Å². The van der Waals surface area contributed by atoms with Crippen LogP contribution in [0.1, 0.15) is 0 Å². The molecule has 7 heteroatoms. The molecule has 6 N–H and O–H groups in total. The SMILES string of the molecule is Nc1nn2c(N)c(N)nc2s1. The van der Waals surface area contributed by atoms with Crippen molar-refractivity contribution in [1.82, 2.24) is 14.6 Å². The van der Waals surface area contributed by atoms with E-state index in [1.54, 1.807) is 0 Å². The molecule has 0 aliphatic carbocycles. The Kier molecular flexibility index (Phi) is 0.994. The van der Waals surface area contributed by atoms with Crippen molar-refractivity contribution in [2.45, 2.75) is 0 Å². The number of hydrogen-bond donors (Lipinski definition) is 3. The predicted molar refractivity (Wildman–Crippen MR) is 44.1 cm³/mol. The van der Waals surface area contributed by atoms with Gasteiger partial charge in [0.2, 0.25) is 10.1 Å². The second kappa shape index (κ2) is 1.76. The molecule has 0 atom stereocenters. The number of aromatic nitrogens is 3. The van der Waals surface area contributed by atoms with E-state index in [4.69, 9.17) is 17.2 Å². The molecule has 0 aliphatic rings. The third-order valence-electron chi connectivity index (χ3n) is 1.28. The summed E-state index contributed by atoms with van der Waals surface area (Å²) in [5.41, 5.74) is 16.3. The fourth-order valence-electron chi connectivity index (χ4n) is 0.794. The van der Waals surface area contributed by atoms with Crippen molar-refractivity contribution in [2.75, 3.05) is 17.2 Å². The minimum absolute atomic E-state index is 0.295. The molecule has 0 aromatic carbocycles. The first-order chi connectivity index (χ1) is 5.18. The standard InChI is InChI=1S/C4H6N6S/c5-1-2(6)10-4(8-1)11-3(7)9-10/h5-6H2,(H2,7,9). The van der Waals surface area contributed by atoms with Crippen LogP contribution in [0.25, 0.3) is 4.96 Å². The van der Waals surface area contributed by atoms with Crippen LogP contribution in [-0.2, 0) is 0 Å². The van der Waals surface area contributed by atoms with Gasteiger partial charge in [-0.05, 0) is 0 Å². The molecule has 58 valence electrons. The highest BCUT2D eigenvalue weighted by atomic mass is 32.1. The van der Waals surface area contributed by atoms with Crippen molar-refractivity contribution in [3.8, 4) is 0 Å². The Morgan fingerprint density at radius 3 is 2.64 bits per heavy atom. The van der Waals surface area contributed by atoms with E-state index in [2.05, 4.69) is 10.1 Å². The van der Waals surface area contributed by atoms with E-state index in [0.717, 1.165) is 0 Å². The fraction of sp³-hybridized carbons (Fsp3) is 0. The molecule has 0 saturated heterocycles. The topological polar surface area (TPSA) is 108 Å². The van der Waals surface area contributed by atoms with Crippen molar-refractivity contribution in [2.24, 2.45) is 0 Å². The first-order valence-corrected chi connectivity index (χ1v) is 3.66. The summed E-state index contributed by atoms with van der Waals surface area (Å²) in [6.07, 6.45) is 0. The van der Waals surface area contributed by atoms with Crippen LogP contribution >= 0.6 is 11.3 Å². The molecule has 2 heterocycles. The lowest BCUT2D eigenvalue weighted by Gasteiger charge is -1.86. The Balaban J connectivity index is 2.88. The van der Waals surface area contributed by atoms with Crippen LogP contribution in [0.4, 0.5) is 16.8 Å². The van der Waals surface area contributed by atoms with Gasteiger partial charge in [-0.2, -0.15) is 9.50 Å². The van der Waals surface area contributed by atoms with Crippen LogP contribution in [0.15, 0.2) is 0 Å². The minimum Gasteiger partial charge on any atom is -0.381 e. The Hall–Kier alpha value is -1.50. The smallest absolute Gasteiger partial charge is 0.217 e. The molecule has 2 aromatic rings. The third-order valence-corrected chi connectivity index (χ3v) is 2.02. The van der Waals surface area contributed by atoms with Gasteiger partial charge >= 0.3 is 0 Å². The average Bonchev–Trinajstić information content (AvgIpc) is 2.37. The number of rotatable bonds is 0. The summed E-state index contributed by atoms with van der Waals surface area (Å²) >= 11 is 1.25.